The van der Waals surface area contributed by atoms with E-state index in [0.717, 1.165) is 43.4 Å². The maximum atomic E-state index is 12.5. The topological polar surface area (TPSA) is 72.9 Å². The Kier molecular flexibility index (Phi) is 11.0. The van der Waals surface area contributed by atoms with Crippen LogP contribution in [0.25, 0.3) is 0 Å². The second-order valence-electron chi connectivity index (χ2n) is 7.63. The van der Waals surface area contributed by atoms with Crippen LogP contribution in [-0.2, 0) is 11.3 Å². The number of nitrogens with zero attached hydrogens (tertiary/aromatic N) is 4. The fraction of sp³-hybridized carbons (Fsp3) is 0.435. The van der Waals surface area contributed by atoms with Gasteiger partial charge in [0.2, 0.25) is 5.91 Å². The van der Waals surface area contributed by atoms with Crippen LogP contribution in [0, 0.1) is 0 Å². The Bertz CT molecular complexity index is 882. The summed E-state index contributed by atoms with van der Waals surface area (Å²) in [5, 5.41) is 7.42. The van der Waals surface area contributed by atoms with Crippen molar-refractivity contribution in [3.8, 4) is 0 Å². The van der Waals surface area contributed by atoms with Crippen molar-refractivity contribution in [2.24, 2.45) is 4.99 Å². The Morgan fingerprint density at radius 3 is 2.78 bits per heavy atom. The Hall–Kier alpha value is -2.07. The quantitative estimate of drug-likeness (QED) is 0.289. The number of carbonyl (C=O) groups excluding carboxylic acids is 1. The highest BCUT2D eigenvalue weighted by molar-refractivity contribution is 14.0. The van der Waals surface area contributed by atoms with Gasteiger partial charge in [0, 0.05) is 51.9 Å². The van der Waals surface area contributed by atoms with Crippen LogP contribution in [0.4, 0.5) is 5.82 Å². The predicted molar refractivity (Wildman–Crippen MR) is 142 cm³/mol. The highest BCUT2D eigenvalue weighted by Gasteiger charge is 2.25. The zero-order chi connectivity index (χ0) is 22.1. The lowest BCUT2D eigenvalue weighted by atomic mass is 10.2. The lowest BCUT2D eigenvalue weighted by Gasteiger charge is -2.20. The van der Waals surface area contributed by atoms with Crippen LogP contribution in [0.15, 0.2) is 53.7 Å². The summed E-state index contributed by atoms with van der Waals surface area (Å²) < 4.78 is 0. The second kappa shape index (κ2) is 13.5. The Labute approximate surface area is 212 Å². The van der Waals surface area contributed by atoms with Gasteiger partial charge < -0.3 is 20.4 Å². The van der Waals surface area contributed by atoms with E-state index in [1.54, 1.807) is 11.1 Å². The molecule has 2 aromatic rings. The van der Waals surface area contributed by atoms with E-state index in [0.29, 0.717) is 24.5 Å². The molecule has 0 radical (unpaired) electrons. The number of nitrogens with one attached hydrogen (secondary N) is 2. The molecule has 1 unspecified atom stereocenters. The molecule has 9 heteroatoms. The largest absolute Gasteiger partial charge is 0.357 e. The number of aliphatic imine (C=N–C) groups is 1. The SMILES string of the molecule is CCNC(=NCCC(=O)N(C)Cc1ccccc1)NC1CCN(c2ncccc2Cl)C1.I. The van der Waals surface area contributed by atoms with Crippen LogP contribution in [0.5, 0.6) is 0 Å². The molecule has 3 rings (SSSR count). The van der Waals surface area contributed by atoms with Gasteiger partial charge in [-0.2, -0.15) is 0 Å². The molecule has 1 saturated heterocycles. The highest BCUT2D eigenvalue weighted by Crippen LogP contribution is 2.25. The van der Waals surface area contributed by atoms with Gasteiger partial charge in [-0.1, -0.05) is 41.9 Å². The fourth-order valence-electron chi connectivity index (χ4n) is 3.59. The zero-order valence-electron chi connectivity index (χ0n) is 18.6. The molecule has 174 valence electrons. The maximum Gasteiger partial charge on any atom is 0.224 e. The van der Waals surface area contributed by atoms with Gasteiger partial charge in [0.15, 0.2) is 5.96 Å². The number of amides is 1. The molecule has 0 spiro atoms. The maximum absolute atomic E-state index is 12.5. The third-order valence-electron chi connectivity index (χ3n) is 5.20. The molecule has 32 heavy (non-hydrogen) atoms. The van der Waals surface area contributed by atoms with Gasteiger partial charge in [-0.15, -0.1) is 24.0 Å². The average molecular weight is 571 g/mol. The normalized spacial score (nSPS) is 15.8. The van der Waals surface area contributed by atoms with E-state index in [1.165, 1.54) is 0 Å². The van der Waals surface area contributed by atoms with Crippen molar-refractivity contribution >= 4 is 53.3 Å². The Balaban J connectivity index is 0.00000363. The number of aromatic nitrogens is 1. The molecular formula is C23H32ClIN6O. The molecule has 2 N–H and O–H groups in total. The van der Waals surface area contributed by atoms with E-state index in [9.17, 15) is 4.79 Å². The third-order valence-corrected chi connectivity index (χ3v) is 5.49. The van der Waals surface area contributed by atoms with Crippen LogP contribution in [0.2, 0.25) is 5.02 Å². The van der Waals surface area contributed by atoms with Crippen molar-refractivity contribution < 1.29 is 4.79 Å². The molecular weight excluding hydrogens is 539 g/mol. The molecule has 1 atom stereocenters. The standard InChI is InChI=1S/C23H31ClN6O.HI/c1-3-25-23(27-14-11-21(31)29(2)16-18-8-5-4-6-9-18)28-19-12-15-30(17-19)22-20(24)10-7-13-26-22;/h4-10,13,19H,3,11-12,14-17H2,1-2H3,(H2,25,27,28);1H. The molecule has 1 fully saturated rings. The summed E-state index contributed by atoms with van der Waals surface area (Å²) in [4.78, 5) is 25.4. The van der Waals surface area contributed by atoms with Crippen LogP contribution in [0.1, 0.15) is 25.3 Å². The monoisotopic (exact) mass is 570 g/mol. The van der Waals surface area contributed by atoms with Crippen molar-refractivity contribution in [2.75, 3.05) is 38.1 Å². The predicted octanol–water partition coefficient (Wildman–Crippen LogP) is 3.54. The first-order chi connectivity index (χ1) is 15.1. The first-order valence-corrected chi connectivity index (χ1v) is 11.1. The molecule has 1 amide bonds. The van der Waals surface area contributed by atoms with E-state index >= 15 is 0 Å². The van der Waals surface area contributed by atoms with Crippen molar-refractivity contribution in [1.82, 2.24) is 20.5 Å². The first kappa shape index (κ1) is 26.2. The van der Waals surface area contributed by atoms with E-state index in [-0.39, 0.29) is 35.9 Å². The van der Waals surface area contributed by atoms with Crippen LogP contribution in [-0.4, -0.2) is 61.0 Å². The summed E-state index contributed by atoms with van der Waals surface area (Å²) in [5.41, 5.74) is 1.12. The smallest absolute Gasteiger partial charge is 0.224 e. The number of anilines is 1. The number of carbonyl (C=O) groups is 1. The molecule has 7 nitrogen and oxygen atoms in total. The Morgan fingerprint density at radius 1 is 1.28 bits per heavy atom. The van der Waals surface area contributed by atoms with Crippen LogP contribution >= 0.6 is 35.6 Å². The van der Waals surface area contributed by atoms with Gasteiger partial charge in [-0.05, 0) is 31.0 Å². The molecule has 2 heterocycles. The number of pyridine rings is 1. The number of guanidine groups is 1. The van der Waals surface area contributed by atoms with Crippen molar-refractivity contribution in [2.45, 2.75) is 32.4 Å². The van der Waals surface area contributed by atoms with Crippen molar-refractivity contribution in [1.29, 1.82) is 0 Å². The summed E-state index contributed by atoms with van der Waals surface area (Å²) in [6.45, 7) is 5.53. The summed E-state index contributed by atoms with van der Waals surface area (Å²) >= 11 is 6.29. The summed E-state index contributed by atoms with van der Waals surface area (Å²) in [7, 11) is 1.83. The lowest BCUT2D eigenvalue weighted by molar-refractivity contribution is -0.130. The second-order valence-corrected chi connectivity index (χ2v) is 8.04. The van der Waals surface area contributed by atoms with Gasteiger partial charge in [-0.3, -0.25) is 9.79 Å². The molecule has 0 saturated carbocycles. The van der Waals surface area contributed by atoms with Crippen LogP contribution in [0.3, 0.4) is 0 Å². The minimum absolute atomic E-state index is 0. The Morgan fingerprint density at radius 2 is 2.06 bits per heavy atom. The molecule has 0 aliphatic carbocycles. The fourth-order valence-corrected chi connectivity index (χ4v) is 3.83. The summed E-state index contributed by atoms with van der Waals surface area (Å²) in [6.07, 6.45) is 3.11. The first-order valence-electron chi connectivity index (χ1n) is 10.7. The van der Waals surface area contributed by atoms with Gasteiger partial charge in [0.1, 0.15) is 5.82 Å². The van der Waals surface area contributed by atoms with E-state index in [2.05, 4.69) is 25.5 Å². The van der Waals surface area contributed by atoms with Crippen LogP contribution < -0.4 is 15.5 Å². The minimum atomic E-state index is 0. The molecule has 1 aromatic carbocycles. The summed E-state index contributed by atoms with van der Waals surface area (Å²) in [6, 6.07) is 13.9. The van der Waals surface area contributed by atoms with Gasteiger partial charge in [0.05, 0.1) is 11.6 Å². The van der Waals surface area contributed by atoms with Gasteiger partial charge in [-0.25, -0.2) is 4.98 Å². The lowest BCUT2D eigenvalue weighted by Crippen LogP contribution is -2.44. The van der Waals surface area contributed by atoms with Gasteiger partial charge in [0.25, 0.3) is 0 Å². The number of hydrogen-bond donors (Lipinski definition) is 2. The van der Waals surface area contributed by atoms with E-state index in [4.69, 9.17) is 11.6 Å². The number of halogens is 2. The number of rotatable bonds is 8. The van der Waals surface area contributed by atoms with E-state index < -0.39 is 0 Å². The average Bonchev–Trinajstić information content (AvgIpc) is 3.23. The van der Waals surface area contributed by atoms with Gasteiger partial charge >= 0.3 is 0 Å². The number of benzene rings is 1. The van der Waals surface area contributed by atoms with E-state index in [1.807, 2.05) is 56.4 Å². The number of hydrogen-bond acceptors (Lipinski definition) is 4. The highest BCUT2D eigenvalue weighted by atomic mass is 127. The third kappa shape index (κ3) is 7.81. The minimum Gasteiger partial charge on any atom is -0.357 e. The van der Waals surface area contributed by atoms with Crippen molar-refractivity contribution in [3.63, 3.8) is 0 Å². The zero-order valence-corrected chi connectivity index (χ0v) is 21.7. The molecule has 1 aromatic heterocycles. The van der Waals surface area contributed by atoms with Crippen molar-refractivity contribution in [3.05, 3.63) is 59.2 Å². The molecule has 1 aliphatic rings. The molecule has 1 aliphatic heterocycles. The molecule has 0 bridgehead atoms. The summed E-state index contributed by atoms with van der Waals surface area (Å²) in [5.74, 6) is 1.64.